The minimum absolute atomic E-state index is 0.655. The Hall–Kier alpha value is -1.29. The highest BCUT2D eigenvalue weighted by Crippen LogP contribution is 2.14. The van der Waals surface area contributed by atoms with Crippen molar-refractivity contribution in [2.45, 2.75) is 13.3 Å². The maximum absolute atomic E-state index is 5.11. The van der Waals surface area contributed by atoms with E-state index < -0.39 is 0 Å². The molecule has 3 nitrogen and oxygen atoms in total. The van der Waals surface area contributed by atoms with Crippen LogP contribution in [0.25, 0.3) is 0 Å². The summed E-state index contributed by atoms with van der Waals surface area (Å²) in [5.41, 5.74) is 0.962. The number of hydrogen-bond donors (Lipinski definition) is 2. The summed E-state index contributed by atoms with van der Waals surface area (Å²) in [6, 6.07) is 7.65. The Labute approximate surface area is 95.8 Å². The van der Waals surface area contributed by atoms with Crippen LogP contribution >= 0.6 is 12.2 Å². The molecule has 0 bridgehead atoms. The Morgan fingerprint density at radius 1 is 1.33 bits per heavy atom. The van der Waals surface area contributed by atoms with Gasteiger partial charge in [0.05, 0.1) is 7.11 Å². The lowest BCUT2D eigenvalue weighted by molar-refractivity contribution is 0.415. The van der Waals surface area contributed by atoms with Gasteiger partial charge in [-0.2, -0.15) is 0 Å². The smallest absolute Gasteiger partial charge is 0.170 e. The predicted molar refractivity (Wildman–Crippen MR) is 67.5 cm³/mol. The van der Waals surface area contributed by atoms with E-state index in [0.717, 1.165) is 24.4 Å². The molecule has 0 atom stereocenters. The molecule has 0 aromatic heterocycles. The fourth-order valence-electron chi connectivity index (χ4n) is 1.09. The van der Waals surface area contributed by atoms with Crippen LogP contribution in [0.1, 0.15) is 13.3 Å². The van der Waals surface area contributed by atoms with E-state index in [1.165, 1.54) is 0 Å². The van der Waals surface area contributed by atoms with Crippen LogP contribution in [-0.4, -0.2) is 18.8 Å². The van der Waals surface area contributed by atoms with Crippen LogP contribution < -0.4 is 15.4 Å². The molecule has 0 heterocycles. The van der Waals surface area contributed by atoms with Crippen molar-refractivity contribution >= 4 is 23.0 Å². The second-order valence-corrected chi connectivity index (χ2v) is 3.52. The minimum Gasteiger partial charge on any atom is -0.497 e. The highest BCUT2D eigenvalue weighted by molar-refractivity contribution is 7.80. The molecule has 0 aliphatic carbocycles. The van der Waals surface area contributed by atoms with Gasteiger partial charge in [-0.3, -0.25) is 0 Å². The van der Waals surface area contributed by atoms with Crippen molar-refractivity contribution in [1.82, 2.24) is 5.32 Å². The second kappa shape index (κ2) is 6.24. The number of nitrogens with one attached hydrogen (secondary N) is 2. The van der Waals surface area contributed by atoms with Crippen LogP contribution in [0.15, 0.2) is 24.3 Å². The van der Waals surface area contributed by atoms with Gasteiger partial charge in [0.25, 0.3) is 0 Å². The van der Waals surface area contributed by atoms with Crippen molar-refractivity contribution in [2.24, 2.45) is 0 Å². The maximum Gasteiger partial charge on any atom is 0.170 e. The molecule has 4 heteroatoms. The van der Waals surface area contributed by atoms with Crippen LogP contribution in [0.4, 0.5) is 5.69 Å². The van der Waals surface area contributed by atoms with Gasteiger partial charge < -0.3 is 15.4 Å². The quantitative estimate of drug-likeness (QED) is 0.769. The van der Waals surface area contributed by atoms with Crippen LogP contribution in [-0.2, 0) is 0 Å². The van der Waals surface area contributed by atoms with E-state index in [4.69, 9.17) is 17.0 Å². The summed E-state index contributed by atoms with van der Waals surface area (Å²) in [5, 5.41) is 6.85. The Kier molecular flexibility index (Phi) is 4.90. The average Bonchev–Trinajstić information content (AvgIpc) is 2.27. The van der Waals surface area contributed by atoms with E-state index in [9.17, 15) is 0 Å². The van der Waals surface area contributed by atoms with Gasteiger partial charge in [0.2, 0.25) is 0 Å². The lowest BCUT2D eigenvalue weighted by Crippen LogP contribution is -2.28. The minimum atomic E-state index is 0.655. The third-order valence-corrected chi connectivity index (χ3v) is 2.13. The van der Waals surface area contributed by atoms with E-state index in [0.29, 0.717) is 5.11 Å². The highest BCUT2D eigenvalue weighted by Gasteiger charge is 1.96. The normalized spacial score (nSPS) is 9.47. The zero-order valence-electron chi connectivity index (χ0n) is 9.04. The van der Waals surface area contributed by atoms with Crippen LogP contribution in [0.3, 0.4) is 0 Å². The molecule has 0 aliphatic rings. The molecular formula is C11H16N2OS. The Morgan fingerprint density at radius 3 is 2.53 bits per heavy atom. The maximum atomic E-state index is 5.11. The van der Waals surface area contributed by atoms with E-state index in [2.05, 4.69) is 17.6 Å². The molecule has 1 aromatic rings. The first-order chi connectivity index (χ1) is 7.26. The Bertz CT molecular complexity index is 311. The first kappa shape index (κ1) is 11.8. The Morgan fingerprint density at radius 2 is 2.00 bits per heavy atom. The van der Waals surface area contributed by atoms with Crippen molar-refractivity contribution in [1.29, 1.82) is 0 Å². The number of benzene rings is 1. The van der Waals surface area contributed by atoms with E-state index in [1.807, 2.05) is 24.3 Å². The van der Waals surface area contributed by atoms with Gasteiger partial charge in [0.15, 0.2) is 5.11 Å². The molecule has 0 saturated carbocycles. The first-order valence-corrected chi connectivity index (χ1v) is 5.36. The van der Waals surface area contributed by atoms with E-state index in [-0.39, 0.29) is 0 Å². The molecule has 0 spiro atoms. The summed E-state index contributed by atoms with van der Waals surface area (Å²) in [7, 11) is 1.65. The summed E-state index contributed by atoms with van der Waals surface area (Å²) in [6.07, 6.45) is 1.06. The molecule has 0 unspecified atom stereocenters. The zero-order valence-corrected chi connectivity index (χ0v) is 9.86. The molecule has 1 rings (SSSR count). The van der Waals surface area contributed by atoms with Crippen molar-refractivity contribution in [3.8, 4) is 5.75 Å². The van der Waals surface area contributed by atoms with Gasteiger partial charge in [-0.15, -0.1) is 0 Å². The van der Waals surface area contributed by atoms with Crippen LogP contribution in [0.5, 0.6) is 5.75 Å². The van der Waals surface area contributed by atoms with Gasteiger partial charge in [-0.05, 0) is 42.9 Å². The van der Waals surface area contributed by atoms with Crippen LogP contribution in [0, 0.1) is 0 Å². The fourth-order valence-corrected chi connectivity index (χ4v) is 1.31. The second-order valence-electron chi connectivity index (χ2n) is 3.11. The molecule has 0 amide bonds. The molecular weight excluding hydrogens is 208 g/mol. The average molecular weight is 224 g/mol. The summed E-state index contributed by atoms with van der Waals surface area (Å²) in [4.78, 5) is 0. The molecule has 0 saturated heterocycles. The summed E-state index contributed by atoms with van der Waals surface area (Å²) in [6.45, 7) is 2.99. The monoisotopic (exact) mass is 224 g/mol. The zero-order chi connectivity index (χ0) is 11.1. The summed E-state index contributed by atoms with van der Waals surface area (Å²) in [5.74, 6) is 0.841. The van der Waals surface area contributed by atoms with Crippen molar-refractivity contribution in [3.05, 3.63) is 24.3 Å². The van der Waals surface area contributed by atoms with Gasteiger partial charge in [0, 0.05) is 12.2 Å². The lowest BCUT2D eigenvalue weighted by Gasteiger charge is -2.09. The molecule has 82 valence electrons. The molecule has 15 heavy (non-hydrogen) atoms. The van der Waals surface area contributed by atoms with Gasteiger partial charge in [-0.25, -0.2) is 0 Å². The van der Waals surface area contributed by atoms with Crippen LogP contribution in [0.2, 0.25) is 0 Å². The number of anilines is 1. The van der Waals surface area contributed by atoms with E-state index in [1.54, 1.807) is 7.11 Å². The third-order valence-electron chi connectivity index (χ3n) is 1.88. The SMILES string of the molecule is CCCNC(=S)Nc1ccc(OC)cc1. The van der Waals surface area contributed by atoms with Gasteiger partial charge >= 0.3 is 0 Å². The van der Waals surface area contributed by atoms with Gasteiger partial charge in [0.1, 0.15) is 5.75 Å². The Balaban J connectivity index is 2.46. The van der Waals surface area contributed by atoms with Crippen molar-refractivity contribution in [2.75, 3.05) is 19.0 Å². The molecule has 0 aliphatic heterocycles. The molecule has 2 N–H and O–H groups in total. The number of hydrogen-bond acceptors (Lipinski definition) is 2. The van der Waals surface area contributed by atoms with Crippen molar-refractivity contribution < 1.29 is 4.74 Å². The summed E-state index contributed by atoms with van der Waals surface area (Å²) >= 11 is 5.11. The largest absolute Gasteiger partial charge is 0.497 e. The summed E-state index contributed by atoms with van der Waals surface area (Å²) < 4.78 is 5.06. The van der Waals surface area contributed by atoms with Gasteiger partial charge in [-0.1, -0.05) is 6.92 Å². The molecule has 1 aromatic carbocycles. The van der Waals surface area contributed by atoms with Crippen molar-refractivity contribution in [3.63, 3.8) is 0 Å². The first-order valence-electron chi connectivity index (χ1n) is 4.95. The third kappa shape index (κ3) is 4.16. The fraction of sp³-hybridized carbons (Fsp3) is 0.364. The lowest BCUT2D eigenvalue weighted by atomic mass is 10.3. The predicted octanol–water partition coefficient (Wildman–Crippen LogP) is 2.39. The molecule has 0 fully saturated rings. The topological polar surface area (TPSA) is 33.3 Å². The molecule has 0 radical (unpaired) electrons. The number of ether oxygens (including phenoxy) is 1. The highest BCUT2D eigenvalue weighted by atomic mass is 32.1. The standard InChI is InChI=1S/C11H16N2OS/c1-3-8-12-11(15)13-9-4-6-10(14-2)7-5-9/h4-7H,3,8H2,1-2H3,(H2,12,13,15). The van der Waals surface area contributed by atoms with E-state index >= 15 is 0 Å². The number of rotatable bonds is 4. The number of methoxy groups -OCH3 is 1. The number of thiocarbonyl (C=S) groups is 1.